The van der Waals surface area contributed by atoms with Crippen LogP contribution in [0.3, 0.4) is 0 Å². The van der Waals surface area contributed by atoms with Gasteiger partial charge in [-0.25, -0.2) is 0 Å². The van der Waals surface area contributed by atoms with Crippen LogP contribution < -0.4 is 10.9 Å². The molecular weight excluding hydrogens is 386 g/mol. The van der Waals surface area contributed by atoms with Crippen LogP contribution in [0.2, 0.25) is 0 Å². The SMILES string of the molecule is Cc1cnccc1-c1ccc(C(=O)NNC(=O)c2cc(-c3ccccc3)n[nH]2)s1. The Hall–Kier alpha value is -3.78. The van der Waals surface area contributed by atoms with E-state index >= 15 is 0 Å². The predicted octanol–water partition coefficient (Wildman–Crippen LogP) is 3.58. The van der Waals surface area contributed by atoms with E-state index in [2.05, 4.69) is 26.0 Å². The van der Waals surface area contributed by atoms with Gasteiger partial charge in [0.25, 0.3) is 11.8 Å². The summed E-state index contributed by atoms with van der Waals surface area (Å²) in [7, 11) is 0. The first kappa shape index (κ1) is 18.6. The number of rotatable bonds is 4. The third-order valence-corrected chi connectivity index (χ3v) is 5.41. The molecule has 4 aromatic rings. The van der Waals surface area contributed by atoms with Crippen LogP contribution in [0.1, 0.15) is 25.7 Å². The summed E-state index contributed by atoms with van der Waals surface area (Å²) in [5.74, 6) is -0.862. The van der Waals surface area contributed by atoms with Crippen molar-refractivity contribution in [3.8, 4) is 21.7 Å². The van der Waals surface area contributed by atoms with Gasteiger partial charge in [-0.15, -0.1) is 11.3 Å². The van der Waals surface area contributed by atoms with Crippen LogP contribution in [0.4, 0.5) is 0 Å². The lowest BCUT2D eigenvalue weighted by atomic mass is 10.1. The van der Waals surface area contributed by atoms with Crippen molar-refractivity contribution in [1.82, 2.24) is 26.0 Å². The Morgan fingerprint density at radius 3 is 2.59 bits per heavy atom. The van der Waals surface area contributed by atoms with E-state index in [0.29, 0.717) is 10.6 Å². The molecule has 0 saturated carbocycles. The first-order chi connectivity index (χ1) is 14.1. The van der Waals surface area contributed by atoms with Crippen LogP contribution in [0, 0.1) is 6.92 Å². The standard InChI is InChI=1S/C21H17N5O2S/c1-13-12-22-10-9-15(13)18-7-8-19(29-18)21(28)26-25-20(27)17-11-16(23-24-17)14-5-3-2-4-6-14/h2-12H,1H3,(H,23,24)(H,25,27)(H,26,28). The predicted molar refractivity (Wildman–Crippen MR) is 111 cm³/mol. The first-order valence-corrected chi connectivity index (χ1v) is 9.66. The fraction of sp³-hybridized carbons (Fsp3) is 0.0476. The molecule has 0 radical (unpaired) electrons. The quantitative estimate of drug-likeness (QED) is 0.454. The maximum atomic E-state index is 12.4. The first-order valence-electron chi connectivity index (χ1n) is 8.84. The average molecular weight is 403 g/mol. The second-order valence-electron chi connectivity index (χ2n) is 6.30. The van der Waals surface area contributed by atoms with E-state index in [1.807, 2.05) is 49.4 Å². The van der Waals surface area contributed by atoms with Crippen LogP contribution in [0.25, 0.3) is 21.7 Å². The second-order valence-corrected chi connectivity index (χ2v) is 7.38. The number of aryl methyl sites for hydroxylation is 1. The summed E-state index contributed by atoms with van der Waals surface area (Å²) in [6.07, 6.45) is 3.50. The highest BCUT2D eigenvalue weighted by Gasteiger charge is 2.15. The molecule has 4 rings (SSSR count). The minimum atomic E-state index is -0.477. The number of carbonyl (C=O) groups is 2. The van der Waals surface area contributed by atoms with Gasteiger partial charge >= 0.3 is 0 Å². The molecule has 0 aliphatic heterocycles. The number of aromatic nitrogens is 3. The third-order valence-electron chi connectivity index (χ3n) is 4.30. The number of aromatic amines is 1. The van der Waals surface area contributed by atoms with Gasteiger partial charge in [0.1, 0.15) is 5.69 Å². The lowest BCUT2D eigenvalue weighted by molar-refractivity contribution is 0.0846. The molecule has 144 valence electrons. The molecule has 3 heterocycles. The van der Waals surface area contributed by atoms with Crippen molar-refractivity contribution in [3.05, 3.63) is 83.1 Å². The van der Waals surface area contributed by atoms with Crippen molar-refractivity contribution in [2.45, 2.75) is 6.92 Å². The van der Waals surface area contributed by atoms with Crippen LogP contribution >= 0.6 is 11.3 Å². The maximum Gasteiger partial charge on any atom is 0.287 e. The van der Waals surface area contributed by atoms with E-state index in [9.17, 15) is 9.59 Å². The Kier molecular flexibility index (Phi) is 5.17. The van der Waals surface area contributed by atoms with Crippen molar-refractivity contribution in [1.29, 1.82) is 0 Å². The van der Waals surface area contributed by atoms with Gasteiger partial charge in [-0.05, 0) is 42.3 Å². The molecule has 3 aromatic heterocycles. The number of benzene rings is 1. The Morgan fingerprint density at radius 1 is 1.00 bits per heavy atom. The Balaban J connectivity index is 1.39. The number of hydrazine groups is 1. The summed E-state index contributed by atoms with van der Waals surface area (Å²) < 4.78 is 0. The number of hydrogen-bond acceptors (Lipinski definition) is 5. The molecule has 1 aromatic carbocycles. The van der Waals surface area contributed by atoms with Gasteiger partial charge in [-0.2, -0.15) is 5.10 Å². The van der Waals surface area contributed by atoms with Gasteiger partial charge in [0.2, 0.25) is 0 Å². The zero-order valence-corrected chi connectivity index (χ0v) is 16.3. The highest BCUT2D eigenvalue weighted by atomic mass is 32.1. The molecule has 29 heavy (non-hydrogen) atoms. The number of pyridine rings is 1. The molecule has 3 N–H and O–H groups in total. The molecule has 0 unspecified atom stereocenters. The van der Waals surface area contributed by atoms with E-state index in [1.165, 1.54) is 11.3 Å². The molecule has 0 aliphatic carbocycles. The molecule has 0 fully saturated rings. The largest absolute Gasteiger partial charge is 0.287 e. The zero-order chi connectivity index (χ0) is 20.2. The summed E-state index contributed by atoms with van der Waals surface area (Å²) in [4.78, 5) is 30.2. The molecular formula is C21H17N5O2S. The lowest BCUT2D eigenvalue weighted by Gasteiger charge is -2.04. The minimum absolute atomic E-state index is 0.253. The zero-order valence-electron chi connectivity index (χ0n) is 15.5. The summed E-state index contributed by atoms with van der Waals surface area (Å²) >= 11 is 1.35. The number of hydrogen-bond donors (Lipinski definition) is 3. The van der Waals surface area contributed by atoms with Gasteiger partial charge in [0.15, 0.2) is 0 Å². The minimum Gasteiger partial charge on any atom is -0.272 e. The Labute approximate surface area is 170 Å². The molecule has 0 saturated heterocycles. The molecule has 0 spiro atoms. The Bertz CT molecular complexity index is 1170. The highest BCUT2D eigenvalue weighted by Crippen LogP contribution is 2.29. The fourth-order valence-corrected chi connectivity index (χ4v) is 3.78. The molecule has 8 heteroatoms. The van der Waals surface area contributed by atoms with Crippen molar-refractivity contribution in [2.24, 2.45) is 0 Å². The number of amides is 2. The topological polar surface area (TPSA) is 99.8 Å². The normalized spacial score (nSPS) is 10.5. The van der Waals surface area contributed by atoms with Gasteiger partial charge in [-0.3, -0.25) is 30.5 Å². The highest BCUT2D eigenvalue weighted by molar-refractivity contribution is 7.17. The third kappa shape index (κ3) is 4.07. The number of nitrogens with one attached hydrogen (secondary N) is 3. The number of H-pyrrole nitrogens is 1. The molecule has 0 aliphatic rings. The number of nitrogens with zero attached hydrogens (tertiary/aromatic N) is 2. The van der Waals surface area contributed by atoms with E-state index in [0.717, 1.165) is 21.6 Å². The Morgan fingerprint density at radius 2 is 1.79 bits per heavy atom. The van der Waals surface area contributed by atoms with E-state index in [-0.39, 0.29) is 11.6 Å². The summed E-state index contributed by atoms with van der Waals surface area (Å²) in [6, 6.07) is 16.6. The van der Waals surface area contributed by atoms with E-state index in [4.69, 9.17) is 0 Å². The second kappa shape index (κ2) is 8.07. The maximum absolute atomic E-state index is 12.4. The van der Waals surface area contributed by atoms with E-state index in [1.54, 1.807) is 24.5 Å². The summed E-state index contributed by atoms with van der Waals surface area (Å²) in [6.45, 7) is 1.97. The van der Waals surface area contributed by atoms with Crippen molar-refractivity contribution in [2.75, 3.05) is 0 Å². The van der Waals surface area contributed by atoms with Crippen LogP contribution in [-0.4, -0.2) is 27.0 Å². The monoisotopic (exact) mass is 403 g/mol. The lowest BCUT2D eigenvalue weighted by Crippen LogP contribution is -2.41. The van der Waals surface area contributed by atoms with Crippen LogP contribution in [-0.2, 0) is 0 Å². The van der Waals surface area contributed by atoms with E-state index < -0.39 is 5.91 Å². The van der Waals surface area contributed by atoms with Crippen LogP contribution in [0.15, 0.2) is 67.0 Å². The summed E-state index contributed by atoms with van der Waals surface area (Å²) in [5.41, 5.74) is 8.70. The fourth-order valence-electron chi connectivity index (χ4n) is 2.79. The molecule has 0 bridgehead atoms. The number of thiophene rings is 1. The molecule has 0 atom stereocenters. The van der Waals surface area contributed by atoms with Crippen LogP contribution in [0.5, 0.6) is 0 Å². The van der Waals surface area contributed by atoms with Crippen molar-refractivity contribution >= 4 is 23.2 Å². The molecule has 2 amide bonds. The van der Waals surface area contributed by atoms with Crippen molar-refractivity contribution in [3.63, 3.8) is 0 Å². The van der Waals surface area contributed by atoms with Gasteiger partial charge < -0.3 is 0 Å². The van der Waals surface area contributed by atoms with Gasteiger partial charge in [0, 0.05) is 22.8 Å². The van der Waals surface area contributed by atoms with Crippen molar-refractivity contribution < 1.29 is 9.59 Å². The summed E-state index contributed by atoms with van der Waals surface area (Å²) in [5, 5.41) is 6.82. The smallest absolute Gasteiger partial charge is 0.272 e. The number of carbonyl (C=O) groups excluding carboxylic acids is 2. The average Bonchev–Trinajstić information content (AvgIpc) is 3.43. The van der Waals surface area contributed by atoms with Gasteiger partial charge in [-0.1, -0.05) is 30.3 Å². The molecule has 7 nitrogen and oxygen atoms in total. The van der Waals surface area contributed by atoms with Gasteiger partial charge in [0.05, 0.1) is 10.6 Å².